The Hall–Kier alpha value is -4.17. The van der Waals surface area contributed by atoms with Crippen LogP contribution in [0.1, 0.15) is 37.0 Å². The highest BCUT2D eigenvalue weighted by molar-refractivity contribution is 8.00. The van der Waals surface area contributed by atoms with Gasteiger partial charge >= 0.3 is 0 Å². The van der Waals surface area contributed by atoms with Gasteiger partial charge in [0, 0.05) is 29.6 Å². The molecule has 1 heterocycles. The summed E-state index contributed by atoms with van der Waals surface area (Å²) in [5.74, 6) is 0.465. The summed E-state index contributed by atoms with van der Waals surface area (Å²) >= 11 is 1.42. The molecule has 4 rings (SSSR count). The van der Waals surface area contributed by atoms with E-state index in [0.717, 1.165) is 27.9 Å². The summed E-state index contributed by atoms with van der Waals surface area (Å²) in [6.07, 6.45) is 3.94. The van der Waals surface area contributed by atoms with Gasteiger partial charge in [0.2, 0.25) is 11.8 Å². The van der Waals surface area contributed by atoms with Gasteiger partial charge in [-0.1, -0.05) is 67.2 Å². The summed E-state index contributed by atoms with van der Waals surface area (Å²) in [4.78, 5) is 25.5. The fraction of sp³-hybridized carbons (Fsp3) is 0.226. The Balaban J connectivity index is 1.44. The van der Waals surface area contributed by atoms with Crippen molar-refractivity contribution in [3.05, 3.63) is 95.6 Å². The summed E-state index contributed by atoms with van der Waals surface area (Å²) in [6.45, 7) is 8.67. The minimum atomic E-state index is -0.312. The molecule has 1 aromatic heterocycles. The van der Waals surface area contributed by atoms with E-state index in [4.69, 9.17) is 0 Å². The Morgan fingerprint density at radius 2 is 1.59 bits per heavy atom. The third kappa shape index (κ3) is 7.03. The number of nitrogens with one attached hydrogen (secondary N) is 2. The van der Waals surface area contributed by atoms with Crippen LogP contribution >= 0.6 is 11.8 Å². The van der Waals surface area contributed by atoms with E-state index >= 15 is 0 Å². The highest BCUT2D eigenvalue weighted by Crippen LogP contribution is 2.30. The van der Waals surface area contributed by atoms with Crippen molar-refractivity contribution in [2.75, 3.05) is 10.6 Å². The molecule has 1 unspecified atom stereocenters. The van der Waals surface area contributed by atoms with Crippen molar-refractivity contribution in [3.63, 3.8) is 0 Å². The molecule has 0 saturated heterocycles. The SMILES string of the molecule is CCC(Sc1nnc(-c2ccc(NC(=O)C=Cc3ccccc3)cc2)n1CC)C(=O)Nc1c(C)cccc1C. The van der Waals surface area contributed by atoms with Gasteiger partial charge in [-0.25, -0.2) is 0 Å². The average molecular weight is 540 g/mol. The summed E-state index contributed by atoms with van der Waals surface area (Å²) < 4.78 is 2.01. The van der Waals surface area contributed by atoms with Crippen LogP contribution in [0.25, 0.3) is 17.5 Å². The molecule has 8 heteroatoms. The van der Waals surface area contributed by atoms with Crippen molar-refractivity contribution in [1.29, 1.82) is 0 Å². The van der Waals surface area contributed by atoms with E-state index < -0.39 is 0 Å². The number of carbonyl (C=O) groups excluding carboxylic acids is 2. The molecule has 7 nitrogen and oxygen atoms in total. The Morgan fingerprint density at radius 1 is 0.897 bits per heavy atom. The summed E-state index contributed by atoms with van der Waals surface area (Å²) in [7, 11) is 0. The van der Waals surface area contributed by atoms with Crippen LogP contribution in [0.3, 0.4) is 0 Å². The molecule has 200 valence electrons. The third-order valence-corrected chi connectivity index (χ3v) is 7.66. The van der Waals surface area contributed by atoms with E-state index in [1.54, 1.807) is 6.08 Å². The first-order valence-electron chi connectivity index (χ1n) is 13.0. The number of aromatic nitrogens is 3. The fourth-order valence-corrected chi connectivity index (χ4v) is 5.18. The lowest BCUT2D eigenvalue weighted by molar-refractivity contribution is -0.115. The van der Waals surface area contributed by atoms with Gasteiger partial charge in [0.25, 0.3) is 0 Å². The smallest absolute Gasteiger partial charge is 0.248 e. The first kappa shape index (κ1) is 27.9. The van der Waals surface area contributed by atoms with Gasteiger partial charge < -0.3 is 15.2 Å². The second kappa shape index (κ2) is 13.1. The molecule has 2 amide bonds. The van der Waals surface area contributed by atoms with Crippen LogP contribution in [-0.2, 0) is 16.1 Å². The molecule has 0 bridgehead atoms. The number of anilines is 2. The van der Waals surface area contributed by atoms with Crippen molar-refractivity contribution in [2.24, 2.45) is 0 Å². The van der Waals surface area contributed by atoms with Crippen molar-refractivity contribution in [1.82, 2.24) is 14.8 Å². The number of para-hydroxylation sites is 1. The Bertz CT molecular complexity index is 1440. The van der Waals surface area contributed by atoms with Gasteiger partial charge in [0.15, 0.2) is 11.0 Å². The molecule has 0 aliphatic carbocycles. The Labute approximate surface area is 233 Å². The summed E-state index contributed by atoms with van der Waals surface area (Å²) in [6, 6.07) is 23.2. The monoisotopic (exact) mass is 539 g/mol. The molecule has 0 aliphatic rings. The summed E-state index contributed by atoms with van der Waals surface area (Å²) in [5.41, 5.74) is 5.46. The van der Waals surface area contributed by atoms with Crippen molar-refractivity contribution in [3.8, 4) is 11.4 Å². The van der Waals surface area contributed by atoms with E-state index in [-0.39, 0.29) is 17.1 Å². The van der Waals surface area contributed by atoms with Crippen LogP contribution < -0.4 is 10.6 Å². The molecule has 0 aliphatic heterocycles. The molecular weight excluding hydrogens is 506 g/mol. The predicted octanol–water partition coefficient (Wildman–Crippen LogP) is 6.74. The lowest BCUT2D eigenvalue weighted by Gasteiger charge is -2.17. The molecule has 1 atom stereocenters. The van der Waals surface area contributed by atoms with Crippen molar-refractivity contribution >= 4 is 41.0 Å². The van der Waals surface area contributed by atoms with Crippen molar-refractivity contribution < 1.29 is 9.59 Å². The van der Waals surface area contributed by atoms with Gasteiger partial charge in [0.05, 0.1) is 5.25 Å². The van der Waals surface area contributed by atoms with Crippen LogP contribution in [0.2, 0.25) is 0 Å². The lowest BCUT2D eigenvalue weighted by Crippen LogP contribution is -2.26. The molecule has 39 heavy (non-hydrogen) atoms. The second-order valence-corrected chi connectivity index (χ2v) is 10.3. The van der Waals surface area contributed by atoms with E-state index in [0.29, 0.717) is 29.6 Å². The quantitative estimate of drug-likeness (QED) is 0.172. The number of aryl methyl sites for hydroxylation is 2. The molecule has 3 aromatic carbocycles. The number of benzene rings is 3. The van der Waals surface area contributed by atoms with Gasteiger partial charge in [-0.2, -0.15) is 0 Å². The fourth-order valence-electron chi connectivity index (χ4n) is 4.16. The second-order valence-electron chi connectivity index (χ2n) is 9.13. The highest BCUT2D eigenvalue weighted by atomic mass is 32.2. The van der Waals surface area contributed by atoms with Crippen LogP contribution in [0, 0.1) is 13.8 Å². The molecule has 4 aromatic rings. The number of rotatable bonds is 10. The maximum Gasteiger partial charge on any atom is 0.248 e. The summed E-state index contributed by atoms with van der Waals surface area (Å²) in [5, 5.41) is 15.2. The van der Waals surface area contributed by atoms with E-state index in [1.807, 2.05) is 105 Å². The maximum absolute atomic E-state index is 13.2. The Morgan fingerprint density at radius 3 is 2.23 bits per heavy atom. The molecular formula is C31H33N5O2S. The predicted molar refractivity (Wildman–Crippen MR) is 160 cm³/mol. The number of hydrogen-bond acceptors (Lipinski definition) is 5. The molecule has 0 spiro atoms. The first-order chi connectivity index (χ1) is 18.9. The number of thioether (sulfide) groups is 1. The van der Waals surface area contributed by atoms with E-state index in [1.165, 1.54) is 17.8 Å². The maximum atomic E-state index is 13.2. The Kier molecular flexibility index (Phi) is 9.33. The largest absolute Gasteiger partial charge is 0.325 e. The van der Waals surface area contributed by atoms with E-state index in [2.05, 4.69) is 20.8 Å². The van der Waals surface area contributed by atoms with Gasteiger partial charge in [-0.15, -0.1) is 10.2 Å². The molecule has 0 radical (unpaired) electrons. The van der Waals surface area contributed by atoms with Gasteiger partial charge in [-0.3, -0.25) is 9.59 Å². The van der Waals surface area contributed by atoms with Crippen LogP contribution in [0.4, 0.5) is 11.4 Å². The van der Waals surface area contributed by atoms with Crippen LogP contribution in [0.15, 0.2) is 84.0 Å². The number of amides is 2. The molecule has 0 fully saturated rings. The zero-order chi connectivity index (χ0) is 27.8. The number of carbonyl (C=O) groups is 2. The van der Waals surface area contributed by atoms with Gasteiger partial charge in [-0.05, 0) is 74.2 Å². The molecule has 2 N–H and O–H groups in total. The highest BCUT2D eigenvalue weighted by Gasteiger charge is 2.23. The van der Waals surface area contributed by atoms with Crippen LogP contribution in [-0.4, -0.2) is 31.8 Å². The zero-order valence-corrected chi connectivity index (χ0v) is 23.5. The molecule has 0 saturated carbocycles. The average Bonchev–Trinajstić information content (AvgIpc) is 3.36. The minimum absolute atomic E-state index is 0.0477. The first-order valence-corrected chi connectivity index (χ1v) is 13.9. The topological polar surface area (TPSA) is 88.9 Å². The lowest BCUT2D eigenvalue weighted by atomic mass is 10.1. The number of hydrogen-bond donors (Lipinski definition) is 2. The third-order valence-electron chi connectivity index (χ3n) is 6.31. The standard InChI is InChI=1S/C31H33N5O2S/c1-5-26(30(38)33-28-21(3)11-10-12-22(28)4)39-31-35-34-29(36(31)6-2)24-16-18-25(19-17-24)32-27(37)20-15-23-13-8-7-9-14-23/h7-20,26H,5-6H2,1-4H3,(H,32,37)(H,33,38). The minimum Gasteiger partial charge on any atom is -0.325 e. The zero-order valence-electron chi connectivity index (χ0n) is 22.6. The van der Waals surface area contributed by atoms with E-state index in [9.17, 15) is 9.59 Å². The normalized spacial score (nSPS) is 11.9. The van der Waals surface area contributed by atoms with Crippen LogP contribution in [0.5, 0.6) is 0 Å². The van der Waals surface area contributed by atoms with Gasteiger partial charge in [0.1, 0.15) is 0 Å². The number of nitrogens with zero attached hydrogens (tertiary/aromatic N) is 3. The van der Waals surface area contributed by atoms with Crippen molar-refractivity contribution in [2.45, 2.75) is 51.1 Å².